The molecule has 1 aromatic heterocycles. The fourth-order valence-corrected chi connectivity index (χ4v) is 2.92. The fraction of sp³-hybridized carbons (Fsp3) is 0.545. The minimum atomic E-state index is -0.0253. The average molecular weight is 418 g/mol. The molecule has 0 bridgehead atoms. The third kappa shape index (κ3) is 6.57. The molecule has 0 saturated heterocycles. The molecule has 0 spiro atoms. The average Bonchev–Trinajstić information content (AvgIpc) is 3.16. The van der Waals surface area contributed by atoms with Gasteiger partial charge in [-0.2, -0.15) is 0 Å². The van der Waals surface area contributed by atoms with Crippen LogP contribution in [0, 0.1) is 0 Å². The van der Waals surface area contributed by atoms with Gasteiger partial charge in [0, 0.05) is 49.9 Å². The highest BCUT2D eigenvalue weighted by molar-refractivity contribution is 5.88. The summed E-state index contributed by atoms with van der Waals surface area (Å²) in [6.07, 6.45) is 2.76. The number of hydrogen-bond donors (Lipinski definition) is 3. The number of nitrogens with zero attached hydrogens (tertiary/aromatic N) is 2. The molecule has 1 unspecified atom stereocenters. The number of H-pyrrole nitrogens is 1. The van der Waals surface area contributed by atoms with Gasteiger partial charge in [-0.3, -0.25) is 4.79 Å². The summed E-state index contributed by atoms with van der Waals surface area (Å²) in [7, 11) is 6.78. The first-order valence-corrected chi connectivity index (χ1v) is 10.4. The Bertz CT molecular complexity index is 860. The third-order valence-corrected chi connectivity index (χ3v) is 4.97. The van der Waals surface area contributed by atoms with E-state index >= 15 is 0 Å². The van der Waals surface area contributed by atoms with E-state index in [-0.39, 0.29) is 18.5 Å². The molecule has 0 fully saturated rings. The number of amides is 1. The lowest BCUT2D eigenvalue weighted by atomic mass is 10.2. The predicted octanol–water partition coefficient (Wildman–Crippen LogP) is 2.54. The molecule has 1 aromatic carbocycles. The Morgan fingerprint density at radius 2 is 2.00 bits per heavy atom. The maximum absolute atomic E-state index is 11.8. The number of benzene rings is 1. The van der Waals surface area contributed by atoms with Crippen molar-refractivity contribution in [2.75, 3.05) is 41.4 Å². The van der Waals surface area contributed by atoms with Crippen LogP contribution in [0.3, 0.4) is 0 Å². The molecule has 0 aliphatic heterocycles. The second-order valence-electron chi connectivity index (χ2n) is 7.52. The second-order valence-corrected chi connectivity index (χ2v) is 7.52. The summed E-state index contributed by atoms with van der Waals surface area (Å²) in [5, 5.41) is 7.72. The molecule has 0 aliphatic carbocycles. The van der Waals surface area contributed by atoms with Crippen molar-refractivity contribution in [2.45, 2.75) is 39.2 Å². The van der Waals surface area contributed by atoms with Crippen molar-refractivity contribution in [1.29, 1.82) is 0 Å². The van der Waals surface area contributed by atoms with Crippen molar-refractivity contribution in [3.05, 3.63) is 23.9 Å². The molecule has 0 radical (unpaired) electrons. The van der Waals surface area contributed by atoms with E-state index in [0.29, 0.717) is 5.96 Å². The minimum absolute atomic E-state index is 0.0253. The summed E-state index contributed by atoms with van der Waals surface area (Å²) < 4.78 is 10.8. The third-order valence-electron chi connectivity index (χ3n) is 4.97. The summed E-state index contributed by atoms with van der Waals surface area (Å²) in [6.45, 7) is 5.08. The quantitative estimate of drug-likeness (QED) is 0.314. The van der Waals surface area contributed by atoms with Crippen molar-refractivity contribution < 1.29 is 14.3 Å². The monoisotopic (exact) mass is 417 g/mol. The van der Waals surface area contributed by atoms with Gasteiger partial charge in [-0.1, -0.05) is 6.92 Å². The van der Waals surface area contributed by atoms with Crippen molar-refractivity contribution >= 4 is 22.8 Å². The highest BCUT2D eigenvalue weighted by Crippen LogP contribution is 2.31. The summed E-state index contributed by atoms with van der Waals surface area (Å²) in [5.41, 5.74) is 2.13. The zero-order valence-corrected chi connectivity index (χ0v) is 19.0. The number of aromatic nitrogens is 1. The van der Waals surface area contributed by atoms with E-state index in [2.05, 4.69) is 40.5 Å². The van der Waals surface area contributed by atoms with Gasteiger partial charge in [-0.15, -0.1) is 0 Å². The molecule has 3 N–H and O–H groups in total. The Morgan fingerprint density at radius 3 is 2.63 bits per heavy atom. The summed E-state index contributed by atoms with van der Waals surface area (Å²) in [4.78, 5) is 21.2. The fourth-order valence-electron chi connectivity index (χ4n) is 2.92. The molecular formula is C22H35N5O3. The van der Waals surface area contributed by atoms with Gasteiger partial charge in [-0.25, -0.2) is 4.99 Å². The molecule has 166 valence electrons. The van der Waals surface area contributed by atoms with Gasteiger partial charge >= 0.3 is 0 Å². The first kappa shape index (κ1) is 23.4. The predicted molar refractivity (Wildman–Crippen MR) is 122 cm³/mol. The summed E-state index contributed by atoms with van der Waals surface area (Å²) in [6, 6.07) is 6.26. The molecule has 0 aliphatic rings. The van der Waals surface area contributed by atoms with E-state index in [9.17, 15) is 4.79 Å². The Hall–Kier alpha value is -2.90. The molecule has 2 aromatic rings. The van der Waals surface area contributed by atoms with Gasteiger partial charge in [-0.05, 0) is 32.3 Å². The first-order chi connectivity index (χ1) is 14.4. The summed E-state index contributed by atoms with van der Waals surface area (Å²) >= 11 is 0. The smallest absolute Gasteiger partial charge is 0.243 e. The van der Waals surface area contributed by atoms with E-state index in [4.69, 9.17) is 9.47 Å². The summed E-state index contributed by atoms with van der Waals surface area (Å²) in [5.74, 6) is 2.20. The minimum Gasteiger partial charge on any atom is -0.497 e. The van der Waals surface area contributed by atoms with Gasteiger partial charge < -0.3 is 30.0 Å². The Labute approximate surface area is 179 Å². The molecule has 2 rings (SSSR count). The molecule has 30 heavy (non-hydrogen) atoms. The lowest BCUT2D eigenvalue weighted by Gasteiger charge is -2.17. The second kappa shape index (κ2) is 11.3. The van der Waals surface area contributed by atoms with Crippen molar-refractivity contribution in [2.24, 2.45) is 4.99 Å². The van der Waals surface area contributed by atoms with Gasteiger partial charge in [0.15, 0.2) is 5.96 Å². The van der Waals surface area contributed by atoms with Crippen molar-refractivity contribution in [1.82, 2.24) is 20.5 Å². The number of guanidine groups is 1. The molecule has 1 amide bonds. The number of hydrogen-bond acceptors (Lipinski definition) is 4. The van der Waals surface area contributed by atoms with Crippen LogP contribution in [-0.2, 0) is 11.2 Å². The van der Waals surface area contributed by atoms with Crippen LogP contribution in [0.2, 0.25) is 0 Å². The number of methoxy groups -OCH3 is 2. The number of carbonyl (C=O) groups excluding carboxylic acids is 1. The maximum atomic E-state index is 11.8. The normalized spacial score (nSPS) is 12.5. The topological polar surface area (TPSA) is 91.0 Å². The zero-order valence-electron chi connectivity index (χ0n) is 19.0. The molecule has 0 saturated carbocycles. The van der Waals surface area contributed by atoms with E-state index in [1.54, 1.807) is 33.2 Å². The molecule has 8 heteroatoms. The lowest BCUT2D eigenvalue weighted by Crippen LogP contribution is -2.43. The van der Waals surface area contributed by atoms with E-state index in [0.717, 1.165) is 53.9 Å². The lowest BCUT2D eigenvalue weighted by molar-refractivity contribution is -0.127. The largest absolute Gasteiger partial charge is 0.497 e. The van der Waals surface area contributed by atoms with Crippen molar-refractivity contribution in [3.63, 3.8) is 0 Å². The number of aromatic amines is 1. The Kier molecular flexibility index (Phi) is 8.83. The maximum Gasteiger partial charge on any atom is 0.243 e. The van der Waals surface area contributed by atoms with E-state index in [1.165, 1.54) is 0 Å². The van der Waals surface area contributed by atoms with Crippen LogP contribution in [0.1, 0.15) is 32.4 Å². The highest BCUT2D eigenvalue weighted by Gasteiger charge is 2.10. The number of aliphatic imine (C=N–C) groups is 1. The Morgan fingerprint density at radius 1 is 1.23 bits per heavy atom. The van der Waals surface area contributed by atoms with Gasteiger partial charge in [0.2, 0.25) is 5.91 Å². The van der Waals surface area contributed by atoms with Crippen LogP contribution in [0.4, 0.5) is 0 Å². The Balaban J connectivity index is 1.96. The number of nitrogens with one attached hydrogen (secondary N) is 3. The number of likely N-dealkylation sites (N-methyl/N-ethyl adjacent to an activating group) is 1. The number of ether oxygens (including phenoxy) is 2. The van der Waals surface area contributed by atoms with Crippen LogP contribution >= 0.6 is 0 Å². The van der Waals surface area contributed by atoms with Gasteiger partial charge in [0.05, 0.1) is 19.7 Å². The number of carbonyl (C=O) groups is 1. The van der Waals surface area contributed by atoms with Crippen LogP contribution in [0.5, 0.6) is 11.5 Å². The number of fused-ring (bicyclic) bond motifs is 1. The molecule has 1 heterocycles. The molecule has 8 nitrogen and oxygen atoms in total. The highest BCUT2D eigenvalue weighted by atomic mass is 16.5. The SMILES string of the molecule is CCC(C)NC(=NCC(=O)N(C)C)NCCCc1cc2c(OC)cc(OC)cc2[nH]1. The number of rotatable bonds is 10. The standard InChI is InChI=1S/C22H35N5O3/c1-7-15(2)25-22(24-14-21(28)27(3)4)23-10-8-9-16-11-18-19(26-16)12-17(29-5)13-20(18)30-6/h11-13,15,26H,7-10,14H2,1-6H3,(H2,23,24,25). The van der Waals surface area contributed by atoms with E-state index < -0.39 is 0 Å². The van der Waals surface area contributed by atoms with Crippen LogP contribution in [0.25, 0.3) is 10.9 Å². The molecular weight excluding hydrogens is 382 g/mol. The van der Waals surface area contributed by atoms with Crippen LogP contribution in [0.15, 0.2) is 23.2 Å². The van der Waals surface area contributed by atoms with Gasteiger partial charge in [0.1, 0.15) is 18.0 Å². The molecule has 1 atom stereocenters. The van der Waals surface area contributed by atoms with E-state index in [1.807, 2.05) is 12.1 Å². The van der Waals surface area contributed by atoms with Crippen LogP contribution < -0.4 is 20.1 Å². The first-order valence-electron chi connectivity index (χ1n) is 10.4. The zero-order chi connectivity index (χ0) is 22.1. The van der Waals surface area contributed by atoms with Gasteiger partial charge in [0.25, 0.3) is 0 Å². The van der Waals surface area contributed by atoms with Crippen molar-refractivity contribution in [3.8, 4) is 11.5 Å². The number of aryl methyl sites for hydroxylation is 1. The van der Waals surface area contributed by atoms with Crippen LogP contribution in [-0.4, -0.2) is 69.2 Å².